The minimum atomic E-state index is -3.78. The van der Waals surface area contributed by atoms with Crippen molar-refractivity contribution in [2.45, 2.75) is 36.5 Å². The Morgan fingerprint density at radius 1 is 1.08 bits per heavy atom. The van der Waals surface area contributed by atoms with Crippen LogP contribution >= 0.6 is 0 Å². The van der Waals surface area contributed by atoms with Gasteiger partial charge >= 0.3 is 0 Å². The van der Waals surface area contributed by atoms with Crippen LogP contribution in [0.5, 0.6) is 0 Å². The average Bonchev–Trinajstić information content (AvgIpc) is 2.58. The van der Waals surface area contributed by atoms with Gasteiger partial charge in [-0.25, -0.2) is 8.42 Å². The number of aliphatic hydroxyl groups is 1. The Labute approximate surface area is 144 Å². The van der Waals surface area contributed by atoms with Gasteiger partial charge in [0, 0.05) is 5.92 Å². The van der Waals surface area contributed by atoms with Gasteiger partial charge in [0.15, 0.2) is 9.84 Å². The number of hydrogen-bond donors (Lipinski definition) is 1. The highest BCUT2D eigenvalue weighted by atomic mass is 32.2. The number of aryl methyl sites for hydroxylation is 1. The SMILES string of the molecule is C#CC(CC)C(O)C(c1ccc(C)cc1)S(=O)(=O)c1ccccc1. The number of benzene rings is 2. The van der Waals surface area contributed by atoms with Crippen molar-refractivity contribution in [3.8, 4) is 12.3 Å². The van der Waals surface area contributed by atoms with Crippen molar-refractivity contribution in [3.63, 3.8) is 0 Å². The largest absolute Gasteiger partial charge is 0.390 e. The molecule has 3 unspecified atom stereocenters. The summed E-state index contributed by atoms with van der Waals surface area (Å²) in [4.78, 5) is 0.182. The van der Waals surface area contributed by atoms with Crippen LogP contribution in [0.25, 0.3) is 0 Å². The van der Waals surface area contributed by atoms with E-state index in [9.17, 15) is 13.5 Å². The molecule has 0 bridgehead atoms. The van der Waals surface area contributed by atoms with Crippen LogP contribution < -0.4 is 0 Å². The molecule has 0 saturated carbocycles. The lowest BCUT2D eigenvalue weighted by Crippen LogP contribution is -2.32. The normalized spacial score (nSPS) is 15.2. The molecule has 0 amide bonds. The Balaban J connectivity index is 2.59. The molecule has 4 heteroatoms. The van der Waals surface area contributed by atoms with Crippen LogP contribution in [0.1, 0.15) is 29.7 Å². The molecule has 0 aliphatic rings. The number of rotatable bonds is 6. The Hall–Kier alpha value is -2.09. The first-order chi connectivity index (χ1) is 11.4. The molecule has 0 heterocycles. The van der Waals surface area contributed by atoms with Gasteiger partial charge in [0.25, 0.3) is 0 Å². The fourth-order valence-corrected chi connectivity index (χ4v) is 4.64. The minimum Gasteiger partial charge on any atom is -0.390 e. The highest BCUT2D eigenvalue weighted by Crippen LogP contribution is 2.35. The van der Waals surface area contributed by atoms with Crippen LogP contribution in [0.3, 0.4) is 0 Å². The number of sulfone groups is 1. The van der Waals surface area contributed by atoms with Crippen molar-refractivity contribution in [1.82, 2.24) is 0 Å². The molecule has 3 atom stereocenters. The van der Waals surface area contributed by atoms with Crippen molar-refractivity contribution in [3.05, 3.63) is 65.7 Å². The first-order valence-corrected chi connectivity index (χ1v) is 9.46. The van der Waals surface area contributed by atoms with E-state index < -0.39 is 27.1 Å². The van der Waals surface area contributed by atoms with Crippen LogP contribution in [0.4, 0.5) is 0 Å². The summed E-state index contributed by atoms with van der Waals surface area (Å²) in [6.45, 7) is 3.77. The van der Waals surface area contributed by atoms with Crippen LogP contribution in [0, 0.1) is 25.2 Å². The van der Waals surface area contributed by atoms with Gasteiger partial charge in [-0.05, 0) is 31.0 Å². The van der Waals surface area contributed by atoms with Gasteiger partial charge in [-0.3, -0.25) is 0 Å². The molecule has 1 N–H and O–H groups in total. The van der Waals surface area contributed by atoms with E-state index in [0.717, 1.165) is 5.56 Å². The van der Waals surface area contributed by atoms with E-state index in [1.165, 1.54) is 0 Å². The van der Waals surface area contributed by atoms with E-state index in [2.05, 4.69) is 5.92 Å². The zero-order valence-corrected chi connectivity index (χ0v) is 14.7. The molecule has 2 aromatic rings. The van der Waals surface area contributed by atoms with Gasteiger partial charge in [0.2, 0.25) is 0 Å². The molecule has 3 nitrogen and oxygen atoms in total. The van der Waals surface area contributed by atoms with Crippen molar-refractivity contribution in [2.24, 2.45) is 5.92 Å². The summed E-state index contributed by atoms with van der Waals surface area (Å²) < 4.78 is 26.3. The monoisotopic (exact) mass is 342 g/mol. The maximum atomic E-state index is 13.2. The van der Waals surface area contributed by atoms with E-state index in [-0.39, 0.29) is 4.90 Å². The molecule has 0 aliphatic heterocycles. The number of aliphatic hydroxyl groups excluding tert-OH is 1. The number of hydrogen-bond acceptors (Lipinski definition) is 3. The molecule has 126 valence electrons. The fourth-order valence-electron chi connectivity index (χ4n) is 2.74. The second-order valence-electron chi connectivity index (χ2n) is 5.86. The van der Waals surface area contributed by atoms with E-state index in [1.807, 2.05) is 26.0 Å². The smallest absolute Gasteiger partial charge is 0.187 e. The van der Waals surface area contributed by atoms with Crippen molar-refractivity contribution < 1.29 is 13.5 Å². The molecular formula is C20H22O3S. The molecule has 0 fully saturated rings. The summed E-state index contributed by atoms with van der Waals surface area (Å²) in [6, 6.07) is 15.3. The number of terminal acetylenes is 1. The molecule has 0 radical (unpaired) electrons. The lowest BCUT2D eigenvalue weighted by Gasteiger charge is -2.27. The highest BCUT2D eigenvalue weighted by molar-refractivity contribution is 7.91. The maximum Gasteiger partial charge on any atom is 0.187 e. The molecular weight excluding hydrogens is 320 g/mol. The Kier molecular flexibility index (Phi) is 5.82. The van der Waals surface area contributed by atoms with Gasteiger partial charge in [0.1, 0.15) is 5.25 Å². The van der Waals surface area contributed by atoms with Crippen LogP contribution in [-0.4, -0.2) is 19.6 Å². The predicted molar refractivity (Wildman–Crippen MR) is 96.2 cm³/mol. The van der Waals surface area contributed by atoms with E-state index in [1.54, 1.807) is 42.5 Å². The zero-order valence-electron chi connectivity index (χ0n) is 13.9. The Morgan fingerprint density at radius 3 is 2.17 bits per heavy atom. The third-order valence-electron chi connectivity index (χ3n) is 4.19. The van der Waals surface area contributed by atoms with Crippen molar-refractivity contribution in [1.29, 1.82) is 0 Å². The predicted octanol–water partition coefficient (Wildman–Crippen LogP) is 3.53. The van der Waals surface area contributed by atoms with Crippen molar-refractivity contribution in [2.75, 3.05) is 0 Å². The summed E-state index contributed by atoms with van der Waals surface area (Å²) in [5.41, 5.74) is 1.57. The van der Waals surface area contributed by atoms with Gasteiger partial charge in [-0.2, -0.15) is 0 Å². The quantitative estimate of drug-likeness (QED) is 0.817. The molecule has 2 rings (SSSR count). The van der Waals surface area contributed by atoms with Gasteiger partial charge in [0.05, 0.1) is 11.0 Å². The Morgan fingerprint density at radius 2 is 1.67 bits per heavy atom. The average molecular weight is 342 g/mol. The van der Waals surface area contributed by atoms with E-state index in [4.69, 9.17) is 6.42 Å². The van der Waals surface area contributed by atoms with E-state index in [0.29, 0.717) is 12.0 Å². The first-order valence-electron chi connectivity index (χ1n) is 7.91. The molecule has 0 aromatic heterocycles. The van der Waals surface area contributed by atoms with Gasteiger partial charge in [-0.15, -0.1) is 12.3 Å². The topological polar surface area (TPSA) is 54.4 Å². The van der Waals surface area contributed by atoms with Crippen LogP contribution in [0.15, 0.2) is 59.5 Å². The first kappa shape index (κ1) is 18.3. The summed E-state index contributed by atoms with van der Waals surface area (Å²) in [6.07, 6.45) is 4.83. The molecule has 24 heavy (non-hydrogen) atoms. The van der Waals surface area contributed by atoms with E-state index >= 15 is 0 Å². The minimum absolute atomic E-state index is 0.182. The second-order valence-corrected chi connectivity index (χ2v) is 7.93. The van der Waals surface area contributed by atoms with Gasteiger partial charge in [-0.1, -0.05) is 55.0 Å². The molecule has 0 saturated heterocycles. The van der Waals surface area contributed by atoms with Crippen molar-refractivity contribution >= 4 is 9.84 Å². The lowest BCUT2D eigenvalue weighted by molar-refractivity contribution is 0.126. The van der Waals surface area contributed by atoms with Crippen LogP contribution in [0.2, 0.25) is 0 Å². The third kappa shape index (κ3) is 3.69. The Bertz CT molecular complexity index is 802. The summed E-state index contributed by atoms with van der Waals surface area (Å²) in [7, 11) is -3.78. The van der Waals surface area contributed by atoms with Gasteiger partial charge < -0.3 is 5.11 Å². The standard InChI is InChI=1S/C20H22O3S/c1-4-16(5-2)19(21)20(17-13-11-15(3)12-14-17)24(22,23)18-9-7-6-8-10-18/h1,6-14,16,19-21H,5H2,2-3H3. The summed E-state index contributed by atoms with van der Waals surface area (Å²) in [5.74, 6) is 1.99. The zero-order chi connectivity index (χ0) is 17.7. The van der Waals surface area contributed by atoms with Crippen LogP contribution in [-0.2, 0) is 9.84 Å². The second kappa shape index (κ2) is 7.65. The summed E-state index contributed by atoms with van der Waals surface area (Å²) >= 11 is 0. The highest BCUT2D eigenvalue weighted by Gasteiger charge is 2.38. The third-order valence-corrected chi connectivity index (χ3v) is 6.34. The maximum absolute atomic E-state index is 13.2. The molecule has 0 spiro atoms. The summed E-state index contributed by atoms with van der Waals surface area (Å²) in [5, 5.41) is 9.67. The molecule has 0 aliphatic carbocycles. The fraction of sp³-hybridized carbons (Fsp3) is 0.300. The lowest BCUT2D eigenvalue weighted by atomic mass is 9.94. The molecule has 2 aromatic carbocycles.